The molecule has 0 aliphatic heterocycles. The van der Waals surface area contributed by atoms with Gasteiger partial charge >= 0.3 is 0 Å². The minimum absolute atomic E-state index is 0.785. The van der Waals surface area contributed by atoms with Crippen LogP contribution in [0.1, 0.15) is 24.0 Å². The molecule has 0 unspecified atom stereocenters. The summed E-state index contributed by atoms with van der Waals surface area (Å²) in [5, 5.41) is 3.38. The van der Waals surface area contributed by atoms with Crippen molar-refractivity contribution in [3.05, 3.63) is 47.8 Å². The number of nitrogens with zero attached hydrogens (tertiary/aromatic N) is 4. The normalized spacial score (nSPS) is 11.3. The van der Waals surface area contributed by atoms with Gasteiger partial charge in [0.1, 0.15) is 12.0 Å². The largest absolute Gasteiger partial charge is 0.311 e. The van der Waals surface area contributed by atoms with Crippen LogP contribution >= 0.6 is 0 Å². The van der Waals surface area contributed by atoms with Gasteiger partial charge in [-0.3, -0.25) is 4.57 Å². The standard InChI is InChI=1S/C15H19N5/c1-4-16-9-13-15(20-10-17-11(2)12(20)3)18-14-7-5-6-8-19(13)14/h5-8,10,16H,4,9H2,1-3H3. The van der Waals surface area contributed by atoms with Crippen molar-refractivity contribution < 1.29 is 0 Å². The Labute approximate surface area is 118 Å². The fraction of sp³-hybridized carbons (Fsp3) is 0.333. The summed E-state index contributed by atoms with van der Waals surface area (Å²) in [6.45, 7) is 7.92. The second kappa shape index (κ2) is 5.09. The summed E-state index contributed by atoms with van der Waals surface area (Å²) in [6.07, 6.45) is 3.90. The SMILES string of the molecule is CCNCc1c(-n2cnc(C)c2C)nc2ccccn12. The molecule has 0 aliphatic carbocycles. The Morgan fingerprint density at radius 1 is 1.25 bits per heavy atom. The first-order valence-corrected chi connectivity index (χ1v) is 6.90. The number of aryl methyl sites for hydroxylation is 1. The molecule has 0 spiro atoms. The van der Waals surface area contributed by atoms with Crippen molar-refractivity contribution in [2.24, 2.45) is 0 Å². The highest BCUT2D eigenvalue weighted by Gasteiger charge is 2.15. The molecule has 1 N–H and O–H groups in total. The molecule has 3 rings (SSSR count). The van der Waals surface area contributed by atoms with Crippen LogP contribution in [0.2, 0.25) is 0 Å². The molecule has 5 heteroatoms. The predicted octanol–water partition coefficient (Wildman–Crippen LogP) is 2.25. The number of rotatable bonds is 4. The lowest BCUT2D eigenvalue weighted by molar-refractivity contribution is 0.699. The number of fused-ring (bicyclic) bond motifs is 1. The van der Waals surface area contributed by atoms with Crippen molar-refractivity contribution in [3.8, 4) is 5.82 Å². The van der Waals surface area contributed by atoms with Gasteiger partial charge in [0.05, 0.1) is 11.4 Å². The molecule has 0 bridgehead atoms. The number of pyridine rings is 1. The van der Waals surface area contributed by atoms with E-state index in [-0.39, 0.29) is 0 Å². The second-order valence-electron chi connectivity index (χ2n) is 4.88. The number of nitrogens with one attached hydrogen (secondary N) is 1. The van der Waals surface area contributed by atoms with Gasteiger partial charge in [-0.25, -0.2) is 9.97 Å². The second-order valence-corrected chi connectivity index (χ2v) is 4.88. The number of hydrogen-bond donors (Lipinski definition) is 1. The van der Waals surface area contributed by atoms with Crippen LogP contribution in [-0.4, -0.2) is 25.5 Å². The molecule has 3 heterocycles. The van der Waals surface area contributed by atoms with Gasteiger partial charge in [0.15, 0.2) is 5.82 Å². The van der Waals surface area contributed by atoms with Crippen molar-refractivity contribution in [1.29, 1.82) is 0 Å². The van der Waals surface area contributed by atoms with Crippen molar-refractivity contribution in [2.45, 2.75) is 27.3 Å². The van der Waals surface area contributed by atoms with E-state index >= 15 is 0 Å². The molecule has 0 aliphatic rings. The molecular weight excluding hydrogens is 250 g/mol. The first kappa shape index (κ1) is 12.9. The lowest BCUT2D eigenvalue weighted by atomic mass is 10.3. The van der Waals surface area contributed by atoms with Gasteiger partial charge in [0.25, 0.3) is 0 Å². The van der Waals surface area contributed by atoms with Crippen LogP contribution in [0.15, 0.2) is 30.7 Å². The maximum absolute atomic E-state index is 4.76. The molecule has 3 aromatic heterocycles. The van der Waals surface area contributed by atoms with Crippen LogP contribution in [0.25, 0.3) is 11.5 Å². The molecule has 5 nitrogen and oxygen atoms in total. The predicted molar refractivity (Wildman–Crippen MR) is 79.2 cm³/mol. The third-order valence-corrected chi connectivity index (χ3v) is 3.63. The minimum atomic E-state index is 0.785. The van der Waals surface area contributed by atoms with Crippen LogP contribution in [0.5, 0.6) is 0 Å². The lowest BCUT2D eigenvalue weighted by Gasteiger charge is -2.07. The number of aromatic nitrogens is 4. The van der Waals surface area contributed by atoms with Crippen LogP contribution in [0, 0.1) is 13.8 Å². The van der Waals surface area contributed by atoms with Gasteiger partial charge in [-0.05, 0) is 32.5 Å². The van der Waals surface area contributed by atoms with Gasteiger partial charge in [-0.15, -0.1) is 0 Å². The van der Waals surface area contributed by atoms with Crippen LogP contribution < -0.4 is 5.32 Å². The highest BCUT2D eigenvalue weighted by molar-refractivity contribution is 5.49. The Hall–Kier alpha value is -2.14. The fourth-order valence-electron chi connectivity index (χ4n) is 2.35. The molecule has 0 amide bonds. The molecule has 0 fully saturated rings. The van der Waals surface area contributed by atoms with E-state index in [1.807, 2.05) is 31.5 Å². The number of hydrogen-bond acceptors (Lipinski definition) is 3. The minimum Gasteiger partial charge on any atom is -0.311 e. The van der Waals surface area contributed by atoms with E-state index in [4.69, 9.17) is 4.98 Å². The zero-order valence-electron chi connectivity index (χ0n) is 12.1. The first-order valence-electron chi connectivity index (χ1n) is 6.90. The molecule has 104 valence electrons. The Kier molecular flexibility index (Phi) is 3.28. The average molecular weight is 269 g/mol. The molecule has 20 heavy (non-hydrogen) atoms. The summed E-state index contributed by atoms with van der Waals surface area (Å²) in [5.41, 5.74) is 4.28. The number of imidazole rings is 2. The molecule has 0 atom stereocenters. The van der Waals surface area contributed by atoms with Gasteiger partial charge in [0.2, 0.25) is 0 Å². The van der Waals surface area contributed by atoms with E-state index in [9.17, 15) is 0 Å². The maximum Gasteiger partial charge on any atom is 0.162 e. The molecule has 0 radical (unpaired) electrons. The monoisotopic (exact) mass is 269 g/mol. The van der Waals surface area contributed by atoms with Crippen LogP contribution in [-0.2, 0) is 6.54 Å². The topological polar surface area (TPSA) is 47.2 Å². The summed E-state index contributed by atoms with van der Waals surface area (Å²) < 4.78 is 4.20. The highest BCUT2D eigenvalue weighted by atomic mass is 15.2. The third-order valence-electron chi connectivity index (χ3n) is 3.63. The van der Waals surface area contributed by atoms with Crippen molar-refractivity contribution >= 4 is 5.65 Å². The fourth-order valence-corrected chi connectivity index (χ4v) is 2.35. The lowest BCUT2D eigenvalue weighted by Crippen LogP contribution is -2.15. The van der Waals surface area contributed by atoms with E-state index in [0.29, 0.717) is 0 Å². The van der Waals surface area contributed by atoms with Gasteiger partial charge in [-0.2, -0.15) is 0 Å². The van der Waals surface area contributed by atoms with Gasteiger partial charge < -0.3 is 9.72 Å². The van der Waals surface area contributed by atoms with Crippen LogP contribution in [0.4, 0.5) is 0 Å². The Morgan fingerprint density at radius 3 is 2.80 bits per heavy atom. The quantitative estimate of drug-likeness (QED) is 0.790. The van der Waals surface area contributed by atoms with Gasteiger partial charge in [0, 0.05) is 18.4 Å². The van der Waals surface area contributed by atoms with Gasteiger partial charge in [-0.1, -0.05) is 13.0 Å². The van der Waals surface area contributed by atoms with Crippen molar-refractivity contribution in [3.63, 3.8) is 0 Å². The summed E-state index contributed by atoms with van der Waals surface area (Å²) in [5.74, 6) is 0.954. The Balaban J connectivity index is 2.20. The smallest absolute Gasteiger partial charge is 0.162 e. The first-order chi connectivity index (χ1) is 9.72. The van der Waals surface area contributed by atoms with E-state index in [1.54, 1.807) is 0 Å². The summed E-state index contributed by atoms with van der Waals surface area (Å²) in [4.78, 5) is 9.13. The van der Waals surface area contributed by atoms with E-state index < -0.39 is 0 Å². The molecule has 0 saturated heterocycles. The highest BCUT2D eigenvalue weighted by Crippen LogP contribution is 2.19. The average Bonchev–Trinajstić information content (AvgIpc) is 2.98. The van der Waals surface area contributed by atoms with E-state index in [2.05, 4.69) is 39.3 Å². The van der Waals surface area contributed by atoms with Crippen molar-refractivity contribution in [2.75, 3.05) is 6.54 Å². The molecule has 0 saturated carbocycles. The molecular formula is C15H19N5. The zero-order chi connectivity index (χ0) is 14.1. The molecule has 0 aromatic carbocycles. The maximum atomic E-state index is 4.76. The van der Waals surface area contributed by atoms with E-state index in [1.165, 1.54) is 0 Å². The Bertz CT molecular complexity index is 738. The zero-order valence-corrected chi connectivity index (χ0v) is 12.1. The van der Waals surface area contributed by atoms with E-state index in [0.717, 1.165) is 41.6 Å². The third kappa shape index (κ3) is 2.00. The summed E-state index contributed by atoms with van der Waals surface area (Å²) in [7, 11) is 0. The Morgan fingerprint density at radius 2 is 2.10 bits per heavy atom. The molecule has 3 aromatic rings. The van der Waals surface area contributed by atoms with Crippen molar-refractivity contribution in [1.82, 2.24) is 24.3 Å². The summed E-state index contributed by atoms with van der Waals surface area (Å²) >= 11 is 0. The summed E-state index contributed by atoms with van der Waals surface area (Å²) in [6, 6.07) is 6.06. The van der Waals surface area contributed by atoms with Crippen LogP contribution in [0.3, 0.4) is 0 Å².